The van der Waals surface area contributed by atoms with Crippen LogP contribution < -0.4 is 4.74 Å². The molecule has 2 atom stereocenters. The Balaban J connectivity index is 1.34. The molecule has 2 aliphatic heterocycles. The fourth-order valence-corrected chi connectivity index (χ4v) is 5.90. The third kappa shape index (κ3) is 4.82. The van der Waals surface area contributed by atoms with Crippen molar-refractivity contribution in [2.45, 2.75) is 36.0 Å². The van der Waals surface area contributed by atoms with Gasteiger partial charge in [-0.1, -0.05) is 42.5 Å². The zero-order valence-corrected chi connectivity index (χ0v) is 19.3. The van der Waals surface area contributed by atoms with Gasteiger partial charge in [0.05, 0.1) is 6.61 Å². The normalized spacial score (nSPS) is 20.6. The van der Waals surface area contributed by atoms with Crippen molar-refractivity contribution >= 4 is 11.8 Å². The number of nitrogens with zero attached hydrogens (tertiary/aromatic N) is 1. The lowest BCUT2D eigenvalue weighted by Crippen LogP contribution is -2.25. The van der Waals surface area contributed by atoms with Crippen molar-refractivity contribution < 1.29 is 9.84 Å². The van der Waals surface area contributed by atoms with Crippen molar-refractivity contribution in [2.24, 2.45) is 0 Å². The molecule has 4 heteroatoms. The second-order valence-corrected chi connectivity index (χ2v) is 10.0. The number of aromatic hydroxyl groups is 1. The first-order chi connectivity index (χ1) is 15.8. The monoisotopic (exact) mass is 445 g/mol. The van der Waals surface area contributed by atoms with Crippen LogP contribution >= 0.6 is 11.8 Å². The van der Waals surface area contributed by atoms with Gasteiger partial charge in [0, 0.05) is 22.3 Å². The highest BCUT2D eigenvalue weighted by Gasteiger charge is 2.33. The Morgan fingerprint density at radius 3 is 2.47 bits per heavy atom. The zero-order valence-electron chi connectivity index (χ0n) is 18.5. The van der Waals surface area contributed by atoms with Gasteiger partial charge in [-0.25, -0.2) is 0 Å². The molecule has 166 valence electrons. The predicted molar refractivity (Wildman–Crippen MR) is 132 cm³/mol. The van der Waals surface area contributed by atoms with E-state index in [9.17, 15) is 5.11 Å². The fraction of sp³-hybridized carbons (Fsp3) is 0.357. The van der Waals surface area contributed by atoms with E-state index in [1.165, 1.54) is 54.9 Å². The molecule has 0 saturated carbocycles. The van der Waals surface area contributed by atoms with E-state index in [1.54, 1.807) is 6.07 Å². The summed E-state index contributed by atoms with van der Waals surface area (Å²) in [4.78, 5) is 3.92. The average Bonchev–Trinajstić information content (AvgIpc) is 3.36. The summed E-state index contributed by atoms with van der Waals surface area (Å²) in [7, 11) is 0. The Kier molecular flexibility index (Phi) is 6.70. The van der Waals surface area contributed by atoms with Crippen molar-refractivity contribution in [1.29, 1.82) is 0 Å². The van der Waals surface area contributed by atoms with Crippen LogP contribution in [0.25, 0.3) is 0 Å². The summed E-state index contributed by atoms with van der Waals surface area (Å²) in [5.41, 5.74) is 3.61. The van der Waals surface area contributed by atoms with E-state index in [0.717, 1.165) is 17.1 Å². The van der Waals surface area contributed by atoms with E-state index in [0.29, 0.717) is 6.61 Å². The topological polar surface area (TPSA) is 32.7 Å². The molecule has 0 aliphatic carbocycles. The number of hydrogen-bond donors (Lipinski definition) is 1. The van der Waals surface area contributed by atoms with E-state index in [-0.39, 0.29) is 17.6 Å². The smallest absolute Gasteiger partial charge is 0.123 e. The molecule has 1 fully saturated rings. The molecule has 0 aromatic heterocycles. The first-order valence-corrected chi connectivity index (χ1v) is 12.7. The van der Waals surface area contributed by atoms with Crippen LogP contribution in [0.5, 0.6) is 11.5 Å². The van der Waals surface area contributed by atoms with Crippen LogP contribution in [0.1, 0.15) is 47.8 Å². The Labute approximate surface area is 195 Å². The van der Waals surface area contributed by atoms with Crippen molar-refractivity contribution in [3.63, 3.8) is 0 Å². The van der Waals surface area contributed by atoms with Gasteiger partial charge in [-0.05, 0) is 86.1 Å². The van der Waals surface area contributed by atoms with Crippen LogP contribution in [-0.4, -0.2) is 42.0 Å². The van der Waals surface area contributed by atoms with E-state index in [2.05, 4.69) is 59.5 Å². The summed E-state index contributed by atoms with van der Waals surface area (Å²) in [6.45, 7) is 4.43. The number of phenols is 1. The SMILES string of the molecule is Oc1ccc2c(c1)[C@@H](c1ccc(SCCCN3CCCC3)cc1)[C@@H](c1ccccc1)CO2. The maximum atomic E-state index is 10.2. The highest BCUT2D eigenvalue weighted by atomic mass is 32.2. The second-order valence-electron chi connectivity index (χ2n) is 8.85. The molecule has 2 heterocycles. The first kappa shape index (κ1) is 21.4. The van der Waals surface area contributed by atoms with Crippen LogP contribution in [0, 0.1) is 0 Å². The lowest BCUT2D eigenvalue weighted by Gasteiger charge is -2.34. The largest absolute Gasteiger partial charge is 0.508 e. The van der Waals surface area contributed by atoms with Gasteiger partial charge in [0.1, 0.15) is 11.5 Å². The lowest BCUT2D eigenvalue weighted by atomic mass is 9.76. The van der Waals surface area contributed by atoms with E-state index in [1.807, 2.05) is 23.9 Å². The predicted octanol–water partition coefficient (Wildman–Crippen LogP) is 6.28. The summed E-state index contributed by atoms with van der Waals surface area (Å²) in [6.07, 6.45) is 3.98. The molecule has 0 radical (unpaired) electrons. The van der Waals surface area contributed by atoms with Crippen LogP contribution in [0.3, 0.4) is 0 Å². The van der Waals surface area contributed by atoms with Gasteiger partial charge in [0.2, 0.25) is 0 Å². The Hall–Kier alpha value is -2.43. The number of thioether (sulfide) groups is 1. The minimum absolute atomic E-state index is 0.155. The summed E-state index contributed by atoms with van der Waals surface area (Å²) in [5.74, 6) is 2.69. The molecule has 5 rings (SSSR count). The Bertz CT molecular complexity index is 1020. The second kappa shape index (κ2) is 10.0. The minimum atomic E-state index is 0.155. The maximum Gasteiger partial charge on any atom is 0.123 e. The number of benzene rings is 3. The third-order valence-electron chi connectivity index (χ3n) is 6.70. The first-order valence-electron chi connectivity index (χ1n) is 11.7. The number of fused-ring (bicyclic) bond motifs is 1. The van der Waals surface area contributed by atoms with Gasteiger partial charge >= 0.3 is 0 Å². The van der Waals surface area contributed by atoms with Gasteiger partial charge in [-0.2, -0.15) is 0 Å². The van der Waals surface area contributed by atoms with Crippen molar-refractivity contribution in [2.75, 3.05) is 32.0 Å². The molecule has 1 N–H and O–H groups in total. The molecule has 32 heavy (non-hydrogen) atoms. The number of likely N-dealkylation sites (tertiary alicyclic amines) is 1. The molecular weight excluding hydrogens is 414 g/mol. The molecule has 0 unspecified atom stereocenters. The Morgan fingerprint density at radius 1 is 0.906 bits per heavy atom. The Morgan fingerprint density at radius 2 is 1.69 bits per heavy atom. The van der Waals surface area contributed by atoms with Crippen LogP contribution in [-0.2, 0) is 0 Å². The summed E-state index contributed by atoms with van der Waals surface area (Å²) in [5, 5.41) is 10.2. The van der Waals surface area contributed by atoms with Crippen molar-refractivity contribution in [1.82, 2.24) is 4.90 Å². The van der Waals surface area contributed by atoms with Gasteiger partial charge in [-0.3, -0.25) is 0 Å². The summed E-state index contributed by atoms with van der Waals surface area (Å²) in [6, 6.07) is 25.1. The maximum absolute atomic E-state index is 10.2. The van der Waals surface area contributed by atoms with E-state index in [4.69, 9.17) is 4.74 Å². The quantitative estimate of drug-likeness (QED) is 0.343. The van der Waals surface area contributed by atoms with Gasteiger partial charge < -0.3 is 14.7 Å². The molecule has 2 aliphatic rings. The molecule has 1 saturated heterocycles. The molecule has 0 bridgehead atoms. The highest BCUT2D eigenvalue weighted by molar-refractivity contribution is 7.99. The van der Waals surface area contributed by atoms with E-state index < -0.39 is 0 Å². The van der Waals surface area contributed by atoms with Crippen LogP contribution in [0.15, 0.2) is 77.7 Å². The van der Waals surface area contributed by atoms with Crippen molar-refractivity contribution in [3.05, 3.63) is 89.5 Å². The molecular formula is C28H31NO2S. The van der Waals surface area contributed by atoms with Crippen molar-refractivity contribution in [3.8, 4) is 11.5 Å². The van der Waals surface area contributed by atoms with Crippen LogP contribution in [0.2, 0.25) is 0 Å². The zero-order chi connectivity index (χ0) is 21.8. The lowest BCUT2D eigenvalue weighted by molar-refractivity contribution is 0.248. The van der Waals surface area contributed by atoms with E-state index >= 15 is 0 Å². The number of rotatable bonds is 7. The van der Waals surface area contributed by atoms with Gasteiger partial charge in [0.15, 0.2) is 0 Å². The number of hydrogen-bond acceptors (Lipinski definition) is 4. The van der Waals surface area contributed by atoms with Gasteiger partial charge in [0.25, 0.3) is 0 Å². The number of ether oxygens (including phenoxy) is 1. The average molecular weight is 446 g/mol. The third-order valence-corrected chi connectivity index (χ3v) is 7.80. The standard InChI is InChI=1S/C28H31NO2S/c30-23-11-14-27-25(19-23)28(26(20-31-27)21-7-2-1-3-8-21)22-9-12-24(13-10-22)32-18-6-17-29-15-4-5-16-29/h1-3,7-14,19,26,28,30H,4-6,15-18,20H2/t26-,28-/m1/s1. The molecule has 0 amide bonds. The van der Waals surface area contributed by atoms with Gasteiger partial charge in [-0.15, -0.1) is 11.8 Å². The number of phenolic OH excluding ortho intramolecular Hbond substituents is 1. The highest BCUT2D eigenvalue weighted by Crippen LogP contribution is 2.47. The molecule has 3 aromatic carbocycles. The molecule has 3 aromatic rings. The molecule has 0 spiro atoms. The summed E-state index contributed by atoms with van der Waals surface area (Å²) < 4.78 is 6.11. The summed E-state index contributed by atoms with van der Waals surface area (Å²) >= 11 is 1.95. The molecule has 3 nitrogen and oxygen atoms in total. The van der Waals surface area contributed by atoms with Crippen LogP contribution in [0.4, 0.5) is 0 Å². The fourth-order valence-electron chi connectivity index (χ4n) is 5.06. The minimum Gasteiger partial charge on any atom is -0.508 e.